The van der Waals surface area contributed by atoms with E-state index in [2.05, 4.69) is 36.3 Å². The number of nitrogens with zero attached hydrogens (tertiary/aromatic N) is 2. The monoisotopic (exact) mass is 272 g/mol. The highest BCUT2D eigenvalue weighted by Gasteiger charge is 2.27. The summed E-state index contributed by atoms with van der Waals surface area (Å²) in [7, 11) is 0. The number of hydrogen-bond acceptors (Lipinski definition) is 3. The van der Waals surface area contributed by atoms with Crippen molar-refractivity contribution in [3.05, 3.63) is 34.7 Å². The molecule has 1 aliphatic heterocycles. The third kappa shape index (κ3) is 1.90. The molecule has 98 valence electrons. The SMILES string of the molecule is Cc1c(C2=NN(C(=N)N)C(C)C2)sc2ccccc12. The second-order valence-electron chi connectivity index (χ2n) is 4.88. The van der Waals surface area contributed by atoms with E-state index in [1.54, 1.807) is 16.3 Å². The smallest absolute Gasteiger partial charge is 0.209 e. The molecule has 4 nitrogen and oxygen atoms in total. The van der Waals surface area contributed by atoms with Gasteiger partial charge in [0.25, 0.3) is 0 Å². The Bertz CT molecular complexity index is 686. The van der Waals surface area contributed by atoms with E-state index < -0.39 is 0 Å². The van der Waals surface area contributed by atoms with Gasteiger partial charge in [0.1, 0.15) is 0 Å². The Balaban J connectivity index is 2.08. The van der Waals surface area contributed by atoms with Crippen LogP contribution in [0.4, 0.5) is 0 Å². The Kier molecular flexibility index (Phi) is 2.78. The fourth-order valence-corrected chi connectivity index (χ4v) is 3.72. The van der Waals surface area contributed by atoms with Gasteiger partial charge in [-0.3, -0.25) is 5.41 Å². The molecule has 0 bridgehead atoms. The Morgan fingerprint density at radius 2 is 2.21 bits per heavy atom. The van der Waals surface area contributed by atoms with Gasteiger partial charge in [0.2, 0.25) is 5.96 Å². The first kappa shape index (κ1) is 12.2. The van der Waals surface area contributed by atoms with Crippen LogP contribution in [0.1, 0.15) is 23.8 Å². The predicted molar refractivity (Wildman–Crippen MR) is 80.9 cm³/mol. The van der Waals surface area contributed by atoms with Gasteiger partial charge >= 0.3 is 0 Å². The molecule has 1 aromatic heterocycles. The van der Waals surface area contributed by atoms with Crippen molar-refractivity contribution < 1.29 is 0 Å². The number of hydrogen-bond donors (Lipinski definition) is 2. The Labute approximate surface area is 116 Å². The van der Waals surface area contributed by atoms with Crippen molar-refractivity contribution in [3.63, 3.8) is 0 Å². The number of aryl methyl sites for hydroxylation is 1. The van der Waals surface area contributed by atoms with E-state index in [4.69, 9.17) is 11.1 Å². The fraction of sp³-hybridized carbons (Fsp3) is 0.286. The summed E-state index contributed by atoms with van der Waals surface area (Å²) in [6.45, 7) is 4.18. The van der Waals surface area contributed by atoms with Crippen LogP contribution < -0.4 is 5.73 Å². The first-order valence-electron chi connectivity index (χ1n) is 6.27. The summed E-state index contributed by atoms with van der Waals surface area (Å²) in [5, 5.41) is 14.9. The number of thiophene rings is 1. The number of benzene rings is 1. The van der Waals surface area contributed by atoms with Crippen LogP contribution in [-0.4, -0.2) is 22.7 Å². The third-order valence-electron chi connectivity index (χ3n) is 3.49. The quantitative estimate of drug-likeness (QED) is 0.619. The standard InChI is InChI=1S/C14H16N4S/c1-8-7-11(17-18(8)14(15)16)13-9(2)10-5-3-4-6-12(10)19-13/h3-6,8H,7H2,1-2H3,(H3,15,16). The minimum atomic E-state index is 0.0151. The molecule has 0 spiro atoms. The van der Waals surface area contributed by atoms with Gasteiger partial charge in [0.15, 0.2) is 0 Å². The normalized spacial score (nSPS) is 18.9. The molecule has 0 aliphatic carbocycles. The van der Waals surface area contributed by atoms with Crippen LogP contribution >= 0.6 is 11.3 Å². The number of guanidine groups is 1. The second-order valence-corrected chi connectivity index (χ2v) is 5.93. The summed E-state index contributed by atoms with van der Waals surface area (Å²) in [6, 6.07) is 8.57. The molecule has 19 heavy (non-hydrogen) atoms. The number of rotatable bonds is 1. The molecule has 0 saturated carbocycles. The number of nitrogens with one attached hydrogen (secondary N) is 1. The maximum Gasteiger partial charge on any atom is 0.209 e. The van der Waals surface area contributed by atoms with Gasteiger partial charge < -0.3 is 5.73 Å². The van der Waals surface area contributed by atoms with Crippen molar-refractivity contribution in [2.75, 3.05) is 0 Å². The lowest BCUT2D eigenvalue weighted by Crippen LogP contribution is -2.35. The molecule has 3 N–H and O–H groups in total. The molecule has 3 rings (SSSR count). The van der Waals surface area contributed by atoms with Crippen LogP contribution in [0.3, 0.4) is 0 Å². The molecule has 5 heteroatoms. The van der Waals surface area contributed by atoms with E-state index in [9.17, 15) is 0 Å². The molecule has 0 radical (unpaired) electrons. The van der Waals surface area contributed by atoms with Gasteiger partial charge in [0, 0.05) is 11.1 Å². The molecular formula is C14H16N4S. The van der Waals surface area contributed by atoms with Crippen LogP contribution in [0.25, 0.3) is 10.1 Å². The van der Waals surface area contributed by atoms with Gasteiger partial charge in [-0.25, -0.2) is 5.01 Å². The Morgan fingerprint density at radius 1 is 1.47 bits per heavy atom. The molecule has 2 aromatic rings. The summed E-state index contributed by atoms with van der Waals surface area (Å²) in [6.07, 6.45) is 0.841. The van der Waals surface area contributed by atoms with Crippen LogP contribution in [0, 0.1) is 12.3 Å². The van der Waals surface area contributed by atoms with Crippen LogP contribution in [-0.2, 0) is 0 Å². The maximum absolute atomic E-state index is 7.54. The van der Waals surface area contributed by atoms with Crippen molar-refractivity contribution in [2.45, 2.75) is 26.3 Å². The Hall–Kier alpha value is -1.88. The lowest BCUT2D eigenvalue weighted by atomic mass is 10.1. The van der Waals surface area contributed by atoms with Gasteiger partial charge in [-0.1, -0.05) is 18.2 Å². The second kappa shape index (κ2) is 4.35. The van der Waals surface area contributed by atoms with E-state index in [1.165, 1.54) is 20.5 Å². The highest BCUT2D eigenvalue weighted by Crippen LogP contribution is 2.33. The minimum absolute atomic E-state index is 0.0151. The van der Waals surface area contributed by atoms with Crippen molar-refractivity contribution >= 4 is 33.1 Å². The van der Waals surface area contributed by atoms with Crippen molar-refractivity contribution in [1.82, 2.24) is 5.01 Å². The zero-order chi connectivity index (χ0) is 13.6. The molecule has 1 unspecified atom stereocenters. The summed E-state index contributed by atoms with van der Waals surface area (Å²) >= 11 is 1.77. The highest BCUT2D eigenvalue weighted by molar-refractivity contribution is 7.21. The molecule has 1 atom stereocenters. The Morgan fingerprint density at radius 3 is 2.84 bits per heavy atom. The summed E-state index contributed by atoms with van der Waals surface area (Å²) in [5.41, 5.74) is 7.87. The van der Waals surface area contributed by atoms with Gasteiger partial charge in [-0.05, 0) is 30.9 Å². The largest absolute Gasteiger partial charge is 0.369 e. The number of nitrogens with two attached hydrogens (primary N) is 1. The lowest BCUT2D eigenvalue weighted by molar-refractivity contribution is 0.378. The average molecular weight is 272 g/mol. The first-order chi connectivity index (χ1) is 9.08. The van der Waals surface area contributed by atoms with E-state index >= 15 is 0 Å². The number of hydrazone groups is 1. The molecule has 2 heterocycles. The van der Waals surface area contributed by atoms with E-state index in [1.807, 2.05) is 6.92 Å². The van der Waals surface area contributed by atoms with Crippen LogP contribution in [0.2, 0.25) is 0 Å². The van der Waals surface area contributed by atoms with Crippen molar-refractivity contribution in [1.29, 1.82) is 5.41 Å². The van der Waals surface area contributed by atoms with E-state index in [0.29, 0.717) is 0 Å². The summed E-state index contributed by atoms with van der Waals surface area (Å²) < 4.78 is 1.28. The van der Waals surface area contributed by atoms with Crippen molar-refractivity contribution in [3.8, 4) is 0 Å². The van der Waals surface area contributed by atoms with Crippen molar-refractivity contribution in [2.24, 2.45) is 10.8 Å². The van der Waals surface area contributed by atoms with E-state index in [-0.39, 0.29) is 12.0 Å². The first-order valence-corrected chi connectivity index (χ1v) is 7.09. The molecule has 0 saturated heterocycles. The lowest BCUT2D eigenvalue weighted by Gasteiger charge is -2.16. The summed E-state index contributed by atoms with van der Waals surface area (Å²) in [5.74, 6) is 0.0151. The molecule has 1 aromatic carbocycles. The zero-order valence-electron chi connectivity index (χ0n) is 11.0. The average Bonchev–Trinajstić information content (AvgIpc) is 2.91. The fourth-order valence-electron chi connectivity index (χ4n) is 2.51. The van der Waals surface area contributed by atoms with Crippen LogP contribution in [0.5, 0.6) is 0 Å². The third-order valence-corrected chi connectivity index (χ3v) is 4.81. The van der Waals surface area contributed by atoms with Gasteiger partial charge in [-0.15, -0.1) is 11.3 Å². The highest BCUT2D eigenvalue weighted by atomic mass is 32.1. The maximum atomic E-state index is 7.54. The van der Waals surface area contributed by atoms with E-state index in [0.717, 1.165) is 12.1 Å². The van der Waals surface area contributed by atoms with Crippen LogP contribution in [0.15, 0.2) is 29.4 Å². The van der Waals surface area contributed by atoms with Gasteiger partial charge in [0.05, 0.1) is 16.6 Å². The number of fused-ring (bicyclic) bond motifs is 1. The topological polar surface area (TPSA) is 65.5 Å². The molecular weight excluding hydrogens is 256 g/mol. The molecule has 0 amide bonds. The predicted octanol–water partition coefficient (Wildman–Crippen LogP) is 2.90. The summed E-state index contributed by atoms with van der Waals surface area (Å²) in [4.78, 5) is 1.22. The molecule has 1 aliphatic rings. The molecule has 0 fully saturated rings. The zero-order valence-corrected chi connectivity index (χ0v) is 11.8. The minimum Gasteiger partial charge on any atom is -0.369 e. The van der Waals surface area contributed by atoms with Gasteiger partial charge in [-0.2, -0.15) is 5.10 Å².